The number of benzene rings is 1. The van der Waals surface area contributed by atoms with E-state index >= 15 is 0 Å². The van der Waals surface area contributed by atoms with E-state index in [1.807, 2.05) is 25.1 Å². The summed E-state index contributed by atoms with van der Waals surface area (Å²) < 4.78 is 6.39. The van der Waals surface area contributed by atoms with E-state index in [1.54, 1.807) is 12.1 Å². The Morgan fingerprint density at radius 3 is 1.92 bits per heavy atom. The molecule has 0 aliphatic heterocycles. The number of carbonyl (C=O) groups is 1. The van der Waals surface area contributed by atoms with Gasteiger partial charge in [-0.05, 0) is 25.0 Å². The number of rotatable bonds is 14. The number of carbonyl (C=O) groups excluding carboxylic acids is 1. The van der Waals surface area contributed by atoms with Gasteiger partial charge in [-0.15, -0.1) is 0 Å². The monoisotopic (exact) mass is 362 g/mol. The molecule has 0 spiro atoms. The van der Waals surface area contributed by atoms with E-state index in [2.05, 4.69) is 21.0 Å². The van der Waals surface area contributed by atoms with Crippen molar-refractivity contribution in [3.05, 3.63) is 35.9 Å². The fourth-order valence-electron chi connectivity index (χ4n) is 3.13. The number of esters is 1. The third kappa shape index (κ3) is 9.38. The van der Waals surface area contributed by atoms with Crippen molar-refractivity contribution in [1.82, 2.24) is 0 Å². The molecule has 0 amide bonds. The number of unbranched alkanes of at least 4 members (excludes halogenated alkanes) is 9. The van der Waals surface area contributed by atoms with Crippen molar-refractivity contribution < 1.29 is 14.0 Å². The quantitative estimate of drug-likeness (QED) is 0.171. The normalized spacial score (nSPS) is 12.8. The molecule has 0 saturated heterocycles. The topological polar surface area (TPSA) is 26.3 Å². The molecule has 1 rings (SSSR count). The highest BCUT2D eigenvalue weighted by molar-refractivity contribution is 5.89. The lowest BCUT2D eigenvalue weighted by atomic mass is 10.1. The molecule has 0 aromatic heterocycles. The van der Waals surface area contributed by atoms with Crippen molar-refractivity contribution in [3.8, 4) is 0 Å². The summed E-state index contributed by atoms with van der Waals surface area (Å²) in [6, 6.07) is 9.25. The number of hydrogen-bond acceptors (Lipinski definition) is 2. The van der Waals surface area contributed by atoms with Crippen LogP contribution in [0.25, 0.3) is 0 Å². The van der Waals surface area contributed by atoms with Crippen LogP contribution in [0.1, 0.15) is 88.4 Å². The molecule has 3 nitrogen and oxygen atoms in total. The van der Waals surface area contributed by atoms with Crippen LogP contribution in [-0.2, 0) is 4.74 Å². The molecule has 0 fully saturated rings. The first kappa shape index (κ1) is 22.7. The Kier molecular flexibility index (Phi) is 11.3. The van der Waals surface area contributed by atoms with Gasteiger partial charge >= 0.3 is 5.97 Å². The summed E-state index contributed by atoms with van der Waals surface area (Å²) in [6.45, 7) is 5.31. The highest BCUT2D eigenvalue weighted by Crippen LogP contribution is 2.15. The summed E-state index contributed by atoms with van der Waals surface area (Å²) in [4.78, 5) is 12.2. The Hall–Kier alpha value is -1.35. The Labute approximate surface area is 161 Å². The van der Waals surface area contributed by atoms with Crippen LogP contribution in [0.3, 0.4) is 0 Å². The molecule has 0 heterocycles. The van der Waals surface area contributed by atoms with Crippen molar-refractivity contribution in [2.75, 3.05) is 20.6 Å². The number of ether oxygens (including phenoxy) is 1. The third-order valence-electron chi connectivity index (χ3n) is 5.36. The molecular formula is C23H40NO2+. The summed E-state index contributed by atoms with van der Waals surface area (Å²) in [5.41, 5.74) is 0.623. The highest BCUT2D eigenvalue weighted by Gasteiger charge is 2.27. The molecule has 0 N–H and O–H groups in total. The summed E-state index contributed by atoms with van der Waals surface area (Å²) in [5, 5.41) is 0. The Bertz CT molecular complexity index is 484. The Morgan fingerprint density at radius 1 is 0.885 bits per heavy atom. The maximum Gasteiger partial charge on any atom is 0.342 e. The van der Waals surface area contributed by atoms with Gasteiger partial charge in [0, 0.05) is 6.92 Å². The fraction of sp³-hybridized carbons (Fsp3) is 0.696. The van der Waals surface area contributed by atoms with Gasteiger partial charge in [-0.2, -0.15) is 0 Å². The molecule has 0 saturated carbocycles. The maximum atomic E-state index is 12.2. The fourth-order valence-corrected chi connectivity index (χ4v) is 3.13. The first-order chi connectivity index (χ1) is 12.5. The van der Waals surface area contributed by atoms with Crippen molar-refractivity contribution in [1.29, 1.82) is 0 Å². The van der Waals surface area contributed by atoms with Crippen LogP contribution >= 0.6 is 0 Å². The molecular weight excluding hydrogens is 322 g/mol. The van der Waals surface area contributed by atoms with Gasteiger partial charge in [-0.25, -0.2) is 4.79 Å². The minimum absolute atomic E-state index is 0.138. The van der Waals surface area contributed by atoms with Gasteiger partial charge in [0.15, 0.2) is 0 Å². The van der Waals surface area contributed by atoms with Gasteiger partial charge in [-0.1, -0.05) is 76.5 Å². The number of quaternary nitrogens is 1. The van der Waals surface area contributed by atoms with E-state index in [9.17, 15) is 4.79 Å². The highest BCUT2D eigenvalue weighted by atomic mass is 16.6. The van der Waals surface area contributed by atoms with Crippen LogP contribution in [0.15, 0.2) is 30.3 Å². The van der Waals surface area contributed by atoms with Gasteiger partial charge in [0.2, 0.25) is 6.23 Å². The van der Waals surface area contributed by atoms with E-state index < -0.39 is 0 Å². The second-order valence-electron chi connectivity index (χ2n) is 8.05. The standard InChI is InChI=1S/C23H40NO2/c1-5-6-7-8-9-10-11-12-13-17-20-24(3,4)21(2)26-23(25)22-18-15-14-16-19-22/h14-16,18-19,21H,5-13,17,20H2,1-4H3/q+1. The second-order valence-corrected chi connectivity index (χ2v) is 8.05. The lowest BCUT2D eigenvalue weighted by Gasteiger charge is -2.35. The molecule has 1 atom stereocenters. The van der Waals surface area contributed by atoms with Crippen LogP contribution in [0.2, 0.25) is 0 Å². The molecule has 3 heteroatoms. The van der Waals surface area contributed by atoms with Gasteiger partial charge in [0.25, 0.3) is 0 Å². The number of nitrogens with zero attached hydrogens (tertiary/aromatic N) is 1. The number of hydrogen-bond donors (Lipinski definition) is 0. The molecule has 1 unspecified atom stereocenters. The largest absolute Gasteiger partial charge is 0.409 e. The zero-order chi connectivity index (χ0) is 19.3. The summed E-state index contributed by atoms with van der Waals surface area (Å²) in [6.07, 6.45) is 13.3. The molecule has 0 aliphatic rings. The first-order valence-electron chi connectivity index (χ1n) is 10.6. The van der Waals surface area contributed by atoms with Crippen molar-refractivity contribution >= 4 is 5.97 Å². The van der Waals surface area contributed by atoms with Gasteiger partial charge in [0.05, 0.1) is 26.2 Å². The van der Waals surface area contributed by atoms with Crippen LogP contribution in [0.4, 0.5) is 0 Å². The van der Waals surface area contributed by atoms with E-state index in [1.165, 1.54) is 64.2 Å². The van der Waals surface area contributed by atoms with E-state index in [0.29, 0.717) is 5.56 Å². The van der Waals surface area contributed by atoms with E-state index in [0.717, 1.165) is 11.0 Å². The molecule has 1 aromatic rings. The molecule has 26 heavy (non-hydrogen) atoms. The predicted molar refractivity (Wildman–Crippen MR) is 110 cm³/mol. The van der Waals surface area contributed by atoms with Crippen molar-refractivity contribution in [2.45, 2.75) is 84.3 Å². The summed E-state index contributed by atoms with van der Waals surface area (Å²) >= 11 is 0. The van der Waals surface area contributed by atoms with Crippen molar-refractivity contribution in [3.63, 3.8) is 0 Å². The second kappa shape index (κ2) is 12.9. The lowest BCUT2D eigenvalue weighted by molar-refractivity contribution is -0.932. The minimum atomic E-state index is -0.229. The average molecular weight is 363 g/mol. The summed E-state index contributed by atoms with van der Waals surface area (Å²) in [5.74, 6) is -0.229. The van der Waals surface area contributed by atoms with Gasteiger partial charge < -0.3 is 4.74 Å². The molecule has 0 aliphatic carbocycles. The third-order valence-corrected chi connectivity index (χ3v) is 5.36. The molecule has 0 radical (unpaired) electrons. The molecule has 0 bridgehead atoms. The maximum absolute atomic E-state index is 12.2. The summed E-state index contributed by atoms with van der Waals surface area (Å²) in [7, 11) is 4.30. The van der Waals surface area contributed by atoms with E-state index in [-0.39, 0.29) is 12.2 Å². The van der Waals surface area contributed by atoms with Crippen LogP contribution in [0.5, 0.6) is 0 Å². The minimum Gasteiger partial charge on any atom is -0.409 e. The lowest BCUT2D eigenvalue weighted by Crippen LogP contribution is -2.50. The van der Waals surface area contributed by atoms with Gasteiger partial charge in [0.1, 0.15) is 0 Å². The van der Waals surface area contributed by atoms with E-state index in [4.69, 9.17) is 4.74 Å². The molecule has 148 valence electrons. The zero-order valence-electron chi connectivity index (χ0n) is 17.5. The predicted octanol–water partition coefficient (Wildman–Crippen LogP) is 6.19. The zero-order valence-corrected chi connectivity index (χ0v) is 17.5. The van der Waals surface area contributed by atoms with Crippen molar-refractivity contribution in [2.24, 2.45) is 0 Å². The Morgan fingerprint density at radius 2 is 1.38 bits per heavy atom. The smallest absolute Gasteiger partial charge is 0.342 e. The SMILES string of the molecule is CCCCCCCCCCCC[N+](C)(C)C(C)OC(=O)c1ccccc1. The van der Waals surface area contributed by atoms with Gasteiger partial charge in [-0.3, -0.25) is 4.48 Å². The molecule has 1 aromatic carbocycles. The van der Waals surface area contributed by atoms with Crippen LogP contribution in [-0.4, -0.2) is 37.3 Å². The Balaban J connectivity index is 2.15. The van der Waals surface area contributed by atoms with Crippen LogP contribution < -0.4 is 0 Å². The first-order valence-corrected chi connectivity index (χ1v) is 10.6. The average Bonchev–Trinajstić information content (AvgIpc) is 2.63. The van der Waals surface area contributed by atoms with Crippen LogP contribution in [0, 0.1) is 0 Å².